The fraction of sp³-hybridized carbons (Fsp3) is 0.643. The number of pyridine rings is 1. The van der Waals surface area contributed by atoms with Crippen molar-refractivity contribution in [2.75, 3.05) is 44.2 Å². The molecule has 2 aromatic heterocycles. The van der Waals surface area contributed by atoms with Gasteiger partial charge in [0, 0.05) is 63.3 Å². The van der Waals surface area contributed by atoms with E-state index in [1.165, 1.54) is 19.3 Å². The van der Waals surface area contributed by atoms with Crippen molar-refractivity contribution < 1.29 is 19.1 Å². The Hall–Kier alpha value is -3.14. The van der Waals surface area contributed by atoms with Gasteiger partial charge in [-0.3, -0.25) is 19.9 Å². The first kappa shape index (κ1) is 25.2. The Morgan fingerprint density at radius 2 is 1.89 bits per heavy atom. The number of anilines is 1. The summed E-state index contributed by atoms with van der Waals surface area (Å²) in [6.45, 7) is 10.5. The largest absolute Gasteiger partial charge is 0.444 e. The summed E-state index contributed by atoms with van der Waals surface area (Å²) in [5.41, 5.74) is 1.23. The summed E-state index contributed by atoms with van der Waals surface area (Å²) >= 11 is 0. The summed E-state index contributed by atoms with van der Waals surface area (Å²) in [5.74, 6) is 1.92. The highest BCUT2D eigenvalue weighted by Crippen LogP contribution is 2.56. The number of piperazine rings is 1. The van der Waals surface area contributed by atoms with Crippen molar-refractivity contribution in [3.63, 3.8) is 0 Å². The molecule has 1 N–H and O–H groups in total. The number of urea groups is 1. The van der Waals surface area contributed by atoms with E-state index in [9.17, 15) is 14.4 Å². The number of fused-ring (bicyclic) bond motifs is 2. The van der Waals surface area contributed by atoms with Crippen LogP contribution in [0.1, 0.15) is 52.5 Å². The lowest BCUT2D eigenvalue weighted by Crippen LogP contribution is -2.50. The van der Waals surface area contributed by atoms with Crippen molar-refractivity contribution in [1.29, 1.82) is 0 Å². The molecule has 4 amide bonds. The molecule has 2 unspecified atom stereocenters. The molecule has 2 aliphatic carbocycles. The summed E-state index contributed by atoms with van der Waals surface area (Å²) in [6.07, 6.45) is 7.71. The number of amides is 4. The Bertz CT molecular complexity index is 1240. The van der Waals surface area contributed by atoms with Gasteiger partial charge in [0.1, 0.15) is 11.2 Å². The van der Waals surface area contributed by atoms with Crippen LogP contribution in [-0.4, -0.2) is 82.3 Å². The number of nitrogens with zero attached hydrogens (tertiary/aromatic N) is 5. The molecular weight excluding hydrogens is 484 g/mol. The van der Waals surface area contributed by atoms with Gasteiger partial charge in [-0.1, -0.05) is 0 Å². The number of hydrogen-bond acceptors (Lipinski definition) is 6. The lowest BCUT2D eigenvalue weighted by molar-refractivity contribution is -0.120. The lowest BCUT2D eigenvalue weighted by atomic mass is 9.71. The van der Waals surface area contributed by atoms with Crippen LogP contribution in [0.15, 0.2) is 24.5 Å². The third-order valence-electron chi connectivity index (χ3n) is 8.69. The van der Waals surface area contributed by atoms with E-state index in [1.54, 1.807) is 11.1 Å². The number of imide groups is 1. The Morgan fingerprint density at radius 1 is 1.11 bits per heavy atom. The maximum absolute atomic E-state index is 12.4. The second kappa shape index (κ2) is 9.55. The first-order chi connectivity index (χ1) is 18.1. The van der Waals surface area contributed by atoms with Gasteiger partial charge in [-0.15, -0.1) is 0 Å². The smallest absolute Gasteiger partial charge is 0.410 e. The zero-order chi connectivity index (χ0) is 26.6. The van der Waals surface area contributed by atoms with E-state index in [-0.39, 0.29) is 18.0 Å². The summed E-state index contributed by atoms with van der Waals surface area (Å²) in [5, 5.41) is 3.40. The zero-order valence-corrected chi connectivity index (χ0v) is 22.6. The summed E-state index contributed by atoms with van der Waals surface area (Å²) in [4.78, 5) is 46.8. The normalized spacial score (nSPS) is 28.3. The molecule has 0 bridgehead atoms. The molecule has 10 nitrogen and oxygen atoms in total. The topological polar surface area (TPSA) is 100 Å². The molecule has 0 spiro atoms. The minimum atomic E-state index is -0.456. The van der Waals surface area contributed by atoms with Crippen LogP contribution in [0.5, 0.6) is 0 Å². The number of rotatable bonds is 4. The molecule has 4 atom stereocenters. The summed E-state index contributed by atoms with van der Waals surface area (Å²) < 4.78 is 7.87. The molecular formula is C28H38N6O4. The molecule has 2 saturated heterocycles. The minimum Gasteiger partial charge on any atom is -0.444 e. The predicted molar refractivity (Wildman–Crippen MR) is 143 cm³/mol. The lowest BCUT2D eigenvalue weighted by Gasteiger charge is -2.41. The first-order valence-corrected chi connectivity index (χ1v) is 13.9. The SMILES string of the molecule is CC(C)(C)OC(=O)N1CCN(C[C@@H]2CC3C[C@H](n4ccc5cc(N6CCC(=O)NC6=O)cnc54)C3C2)CC1. The number of aromatic nitrogens is 2. The van der Waals surface area contributed by atoms with Crippen molar-refractivity contribution in [1.82, 2.24) is 24.7 Å². The van der Waals surface area contributed by atoms with Gasteiger partial charge in [-0.25, -0.2) is 14.6 Å². The number of carbonyl (C=O) groups excluding carboxylic acids is 3. The Morgan fingerprint density at radius 3 is 2.63 bits per heavy atom. The zero-order valence-electron chi connectivity index (χ0n) is 22.6. The maximum Gasteiger partial charge on any atom is 0.410 e. The first-order valence-electron chi connectivity index (χ1n) is 13.9. The monoisotopic (exact) mass is 522 g/mol. The number of ether oxygens (including phenoxy) is 1. The maximum atomic E-state index is 12.4. The predicted octanol–water partition coefficient (Wildman–Crippen LogP) is 3.62. The molecule has 4 aliphatic rings. The highest BCUT2D eigenvalue weighted by molar-refractivity contribution is 6.06. The highest BCUT2D eigenvalue weighted by atomic mass is 16.6. The fourth-order valence-electron chi connectivity index (χ4n) is 6.84. The Labute approximate surface area is 223 Å². The van der Waals surface area contributed by atoms with Crippen LogP contribution in [0.25, 0.3) is 11.0 Å². The van der Waals surface area contributed by atoms with Crippen LogP contribution in [-0.2, 0) is 9.53 Å². The standard InChI is InChI=1S/C28H38N6O4/c1-28(2,3)38-27(37)32-10-8-31(9-11-32)17-18-12-20-15-23(22(20)13-18)34-6-4-19-14-21(16-29-25(19)34)33-7-5-24(35)30-26(33)36/h4,6,14,16,18,20,22-23H,5,7-13,15,17H2,1-3H3,(H,30,35,36)/t18-,20?,22?,23+/m1/s1. The van der Waals surface area contributed by atoms with E-state index in [4.69, 9.17) is 9.72 Å². The summed E-state index contributed by atoms with van der Waals surface area (Å²) in [6, 6.07) is 4.18. The third-order valence-corrected chi connectivity index (χ3v) is 8.69. The van der Waals surface area contributed by atoms with E-state index < -0.39 is 5.60 Å². The molecule has 2 aromatic rings. The molecule has 2 saturated carbocycles. The number of nitrogens with one attached hydrogen (secondary N) is 1. The molecule has 38 heavy (non-hydrogen) atoms. The second-order valence-electron chi connectivity index (χ2n) is 12.4. The van der Waals surface area contributed by atoms with E-state index in [2.05, 4.69) is 27.0 Å². The third kappa shape index (κ3) is 4.86. The molecule has 0 radical (unpaired) electrons. The molecule has 4 fully saturated rings. The van der Waals surface area contributed by atoms with Gasteiger partial charge in [0.05, 0.1) is 11.9 Å². The van der Waals surface area contributed by atoms with Gasteiger partial charge in [0.25, 0.3) is 0 Å². The minimum absolute atomic E-state index is 0.201. The molecule has 6 rings (SSSR count). The average Bonchev–Trinajstić information content (AvgIpc) is 3.40. The quantitative estimate of drug-likeness (QED) is 0.658. The van der Waals surface area contributed by atoms with Crippen molar-refractivity contribution in [2.24, 2.45) is 17.8 Å². The van der Waals surface area contributed by atoms with Crippen LogP contribution in [0.3, 0.4) is 0 Å². The van der Waals surface area contributed by atoms with Crippen LogP contribution >= 0.6 is 0 Å². The Balaban J connectivity index is 1.04. The van der Waals surface area contributed by atoms with Gasteiger partial charge in [0.15, 0.2) is 0 Å². The van der Waals surface area contributed by atoms with Crippen LogP contribution in [0, 0.1) is 17.8 Å². The average molecular weight is 523 g/mol. The van der Waals surface area contributed by atoms with E-state index >= 15 is 0 Å². The van der Waals surface area contributed by atoms with Crippen LogP contribution in [0.4, 0.5) is 15.3 Å². The van der Waals surface area contributed by atoms with Crippen molar-refractivity contribution in [3.8, 4) is 0 Å². The van der Waals surface area contributed by atoms with Gasteiger partial charge in [0.2, 0.25) is 5.91 Å². The molecule has 204 valence electrons. The number of hydrogen-bond donors (Lipinski definition) is 1. The van der Waals surface area contributed by atoms with Gasteiger partial charge >= 0.3 is 12.1 Å². The van der Waals surface area contributed by atoms with Crippen LogP contribution < -0.4 is 10.2 Å². The molecule has 4 heterocycles. The van der Waals surface area contributed by atoms with Gasteiger partial charge in [-0.05, 0) is 69.9 Å². The van der Waals surface area contributed by atoms with E-state index in [1.807, 2.05) is 31.7 Å². The van der Waals surface area contributed by atoms with Crippen molar-refractivity contribution >= 4 is 34.8 Å². The molecule has 2 aliphatic heterocycles. The van der Waals surface area contributed by atoms with Gasteiger partial charge < -0.3 is 14.2 Å². The number of carbonyl (C=O) groups is 3. The molecule has 10 heteroatoms. The second-order valence-corrected chi connectivity index (χ2v) is 12.4. The van der Waals surface area contributed by atoms with Crippen LogP contribution in [0.2, 0.25) is 0 Å². The van der Waals surface area contributed by atoms with Gasteiger partial charge in [-0.2, -0.15) is 0 Å². The molecule has 0 aromatic carbocycles. The fourth-order valence-corrected chi connectivity index (χ4v) is 6.84. The summed E-state index contributed by atoms with van der Waals surface area (Å²) in [7, 11) is 0. The van der Waals surface area contributed by atoms with E-state index in [0.29, 0.717) is 30.8 Å². The Kier molecular flexibility index (Phi) is 6.32. The van der Waals surface area contributed by atoms with Crippen molar-refractivity contribution in [2.45, 2.75) is 58.1 Å². The van der Waals surface area contributed by atoms with Crippen molar-refractivity contribution in [3.05, 3.63) is 24.5 Å². The highest BCUT2D eigenvalue weighted by Gasteiger charge is 2.49. The van der Waals surface area contributed by atoms with E-state index in [0.717, 1.165) is 55.4 Å².